The number of pyridine rings is 1. The van der Waals surface area contributed by atoms with Gasteiger partial charge in [0.15, 0.2) is 0 Å². The maximum atomic E-state index is 12.1. The average Bonchev–Trinajstić information content (AvgIpc) is 3.39. The number of rotatable bonds is 3. The van der Waals surface area contributed by atoms with Crippen molar-refractivity contribution >= 4 is 40.0 Å². The number of hydrogen-bond acceptors (Lipinski definition) is 7. The Hall–Kier alpha value is -3.92. The van der Waals surface area contributed by atoms with Crippen molar-refractivity contribution in [3.63, 3.8) is 0 Å². The predicted molar refractivity (Wildman–Crippen MR) is 111 cm³/mol. The smallest absolute Gasteiger partial charge is 0.350 e. The Morgan fingerprint density at radius 3 is 2.60 bits per heavy atom. The van der Waals surface area contributed by atoms with E-state index in [0.29, 0.717) is 17.0 Å². The van der Waals surface area contributed by atoms with Crippen LogP contribution in [0.1, 0.15) is 5.76 Å². The molecule has 0 bridgehead atoms. The van der Waals surface area contributed by atoms with E-state index in [9.17, 15) is 14.4 Å². The summed E-state index contributed by atoms with van der Waals surface area (Å²) in [4.78, 5) is 39.7. The first-order valence-electron chi connectivity index (χ1n) is 8.83. The Balaban J connectivity index is 1.53. The van der Waals surface area contributed by atoms with E-state index in [1.165, 1.54) is 21.7 Å². The lowest BCUT2D eigenvalue weighted by Gasteiger charge is -2.05. The molecule has 0 spiro atoms. The zero-order valence-electron chi connectivity index (χ0n) is 15.5. The third kappa shape index (κ3) is 3.03. The molecule has 30 heavy (non-hydrogen) atoms. The zero-order chi connectivity index (χ0) is 20.8. The number of aryl methyl sites for hydroxylation is 1. The minimum Gasteiger partial charge on any atom is -0.456 e. The van der Waals surface area contributed by atoms with Gasteiger partial charge < -0.3 is 4.42 Å². The summed E-state index contributed by atoms with van der Waals surface area (Å²) in [6.07, 6.45) is 6.36. The van der Waals surface area contributed by atoms with Crippen LogP contribution in [-0.4, -0.2) is 30.5 Å². The highest BCUT2D eigenvalue weighted by molar-refractivity contribution is 8.18. The third-order valence-corrected chi connectivity index (χ3v) is 5.45. The van der Waals surface area contributed by atoms with Crippen LogP contribution in [0.3, 0.4) is 0 Å². The minimum atomic E-state index is -0.440. The van der Waals surface area contributed by atoms with Crippen LogP contribution < -0.4 is 11.0 Å². The van der Waals surface area contributed by atoms with Crippen molar-refractivity contribution in [2.75, 3.05) is 0 Å². The molecule has 0 aliphatic carbocycles. The van der Waals surface area contributed by atoms with Crippen molar-refractivity contribution in [2.45, 2.75) is 0 Å². The molecule has 1 fully saturated rings. The van der Waals surface area contributed by atoms with Crippen LogP contribution in [0.5, 0.6) is 0 Å². The van der Waals surface area contributed by atoms with Gasteiger partial charge in [-0.2, -0.15) is 5.10 Å². The Morgan fingerprint density at radius 1 is 1.13 bits per heavy atom. The van der Waals surface area contributed by atoms with Gasteiger partial charge in [0.1, 0.15) is 17.7 Å². The maximum Gasteiger partial charge on any atom is 0.350 e. The highest BCUT2D eigenvalue weighted by Crippen LogP contribution is 2.33. The summed E-state index contributed by atoms with van der Waals surface area (Å²) in [6, 6.07) is 9.12. The maximum absolute atomic E-state index is 12.1. The van der Waals surface area contributed by atoms with E-state index in [0.717, 1.165) is 28.3 Å². The molecule has 148 valence electrons. The van der Waals surface area contributed by atoms with Crippen molar-refractivity contribution < 1.29 is 14.0 Å². The van der Waals surface area contributed by atoms with Gasteiger partial charge in [-0.05, 0) is 35.5 Å². The van der Waals surface area contributed by atoms with Crippen molar-refractivity contribution in [3.8, 4) is 16.8 Å². The molecule has 4 aromatic rings. The number of furan rings is 1. The molecule has 3 aromatic heterocycles. The number of aromatic nitrogens is 4. The first-order chi connectivity index (χ1) is 14.5. The fraction of sp³-hybridized carbons (Fsp3) is 0.0500. The van der Waals surface area contributed by atoms with Crippen molar-refractivity contribution in [1.29, 1.82) is 0 Å². The van der Waals surface area contributed by atoms with E-state index < -0.39 is 11.1 Å². The molecule has 0 atom stereocenters. The zero-order valence-corrected chi connectivity index (χ0v) is 16.3. The number of carbonyl (C=O) groups excluding carboxylic acids is 2. The van der Waals surface area contributed by atoms with E-state index in [-0.39, 0.29) is 10.6 Å². The first kappa shape index (κ1) is 18.1. The van der Waals surface area contributed by atoms with Crippen LogP contribution in [0.4, 0.5) is 4.79 Å². The molecule has 1 aliphatic rings. The first-order valence-corrected chi connectivity index (χ1v) is 9.65. The monoisotopic (exact) mass is 419 g/mol. The van der Waals surface area contributed by atoms with Crippen LogP contribution in [0, 0.1) is 0 Å². The molecule has 10 heteroatoms. The lowest BCUT2D eigenvalue weighted by atomic mass is 10.1. The van der Waals surface area contributed by atoms with E-state index in [2.05, 4.69) is 15.4 Å². The van der Waals surface area contributed by atoms with E-state index in [1.807, 2.05) is 24.3 Å². The van der Waals surface area contributed by atoms with Crippen LogP contribution in [-0.2, 0) is 11.8 Å². The van der Waals surface area contributed by atoms with Gasteiger partial charge in [-0.3, -0.25) is 19.9 Å². The third-order valence-electron chi connectivity index (χ3n) is 4.64. The van der Waals surface area contributed by atoms with E-state index in [1.54, 1.807) is 25.5 Å². The van der Waals surface area contributed by atoms with Crippen LogP contribution in [0.25, 0.3) is 33.9 Å². The summed E-state index contributed by atoms with van der Waals surface area (Å²) in [7, 11) is 1.59. The van der Waals surface area contributed by atoms with Crippen LogP contribution in [0.2, 0.25) is 0 Å². The van der Waals surface area contributed by atoms with Gasteiger partial charge in [0.05, 0.1) is 10.6 Å². The van der Waals surface area contributed by atoms with Gasteiger partial charge in [-0.1, -0.05) is 12.1 Å². The number of thioether (sulfide) groups is 1. The average molecular weight is 419 g/mol. The van der Waals surface area contributed by atoms with Crippen molar-refractivity contribution in [2.24, 2.45) is 7.05 Å². The minimum absolute atomic E-state index is 0.234. The Kier molecular flexibility index (Phi) is 4.14. The molecule has 1 N–H and O–H groups in total. The molecule has 0 unspecified atom stereocenters. The standard InChI is InChI=1S/C20H13N5O4S/c1-24-20(28)25(10-22-24)13-4-2-11(3-5-13)15-9-21-8-12-6-14(29-17(12)15)7-16-18(26)23-19(27)30-16/h2-10H,1H3,(H,23,26,27)/b16-7-. The number of imide groups is 1. The molecule has 5 rings (SSSR count). The van der Waals surface area contributed by atoms with Gasteiger partial charge in [0.2, 0.25) is 0 Å². The molecular weight excluding hydrogens is 406 g/mol. The summed E-state index contributed by atoms with van der Waals surface area (Å²) in [5.41, 5.74) is 2.68. The molecule has 1 saturated heterocycles. The molecule has 1 aliphatic heterocycles. The second-order valence-electron chi connectivity index (χ2n) is 6.56. The Labute approximate surface area is 173 Å². The van der Waals surface area contributed by atoms with E-state index in [4.69, 9.17) is 4.42 Å². The van der Waals surface area contributed by atoms with Gasteiger partial charge in [0.25, 0.3) is 11.1 Å². The highest BCUT2D eigenvalue weighted by atomic mass is 32.2. The number of fused-ring (bicyclic) bond motifs is 1. The fourth-order valence-corrected chi connectivity index (χ4v) is 3.83. The quantitative estimate of drug-likeness (QED) is 0.508. The summed E-state index contributed by atoms with van der Waals surface area (Å²) in [5.74, 6) is 0.00942. The lowest BCUT2D eigenvalue weighted by molar-refractivity contribution is -0.115. The number of nitrogens with zero attached hydrogens (tertiary/aromatic N) is 4. The summed E-state index contributed by atoms with van der Waals surface area (Å²) in [6.45, 7) is 0. The molecule has 0 radical (unpaired) electrons. The lowest BCUT2D eigenvalue weighted by Crippen LogP contribution is -2.21. The molecule has 9 nitrogen and oxygen atoms in total. The molecule has 1 aromatic carbocycles. The van der Waals surface area contributed by atoms with Gasteiger partial charge in [0, 0.05) is 36.5 Å². The summed E-state index contributed by atoms with van der Waals surface area (Å²) >= 11 is 0.833. The largest absolute Gasteiger partial charge is 0.456 e. The van der Waals surface area contributed by atoms with Crippen molar-refractivity contribution in [1.82, 2.24) is 24.6 Å². The normalized spacial score (nSPS) is 15.3. The Morgan fingerprint density at radius 2 is 1.93 bits per heavy atom. The number of amides is 2. The molecule has 2 amide bonds. The molecule has 0 saturated carbocycles. The Bertz CT molecular complexity index is 1410. The van der Waals surface area contributed by atoms with Gasteiger partial charge >= 0.3 is 5.69 Å². The second kappa shape index (κ2) is 6.85. The fourth-order valence-electron chi connectivity index (χ4n) is 3.17. The molecule has 4 heterocycles. The summed E-state index contributed by atoms with van der Waals surface area (Å²) < 4.78 is 8.65. The number of nitrogens with one attached hydrogen (secondary N) is 1. The van der Waals surface area contributed by atoms with Gasteiger partial charge in [-0.15, -0.1) is 0 Å². The predicted octanol–water partition coefficient (Wildman–Crippen LogP) is 2.70. The van der Waals surface area contributed by atoms with Crippen LogP contribution in [0.15, 0.2) is 63.2 Å². The second-order valence-corrected chi connectivity index (χ2v) is 7.58. The SMILES string of the molecule is Cn1ncn(-c2ccc(-c3cncc4cc(/C=C5\SC(=O)NC5=O)oc34)cc2)c1=O. The number of benzene rings is 1. The molecular formula is C20H13N5O4S. The van der Waals surface area contributed by atoms with Crippen LogP contribution >= 0.6 is 11.8 Å². The highest BCUT2D eigenvalue weighted by Gasteiger charge is 2.25. The number of hydrogen-bond donors (Lipinski definition) is 1. The van der Waals surface area contributed by atoms with E-state index >= 15 is 0 Å². The number of carbonyl (C=O) groups is 2. The summed E-state index contributed by atoms with van der Waals surface area (Å²) in [5, 5.41) is 6.53. The van der Waals surface area contributed by atoms with Crippen molar-refractivity contribution in [3.05, 3.63) is 70.2 Å². The van der Waals surface area contributed by atoms with Gasteiger partial charge in [-0.25, -0.2) is 14.0 Å². The topological polar surface area (TPSA) is 112 Å².